The van der Waals surface area contributed by atoms with Crippen molar-refractivity contribution < 1.29 is 14.6 Å². The maximum Gasteiger partial charge on any atom is 0.344 e. The number of carbonyl (C=O) groups is 1. The Morgan fingerprint density at radius 2 is 1.81 bits per heavy atom. The van der Waals surface area contributed by atoms with Crippen molar-refractivity contribution in [3.63, 3.8) is 0 Å². The summed E-state index contributed by atoms with van der Waals surface area (Å²) in [6.07, 6.45) is -1.21. The number of carboxylic acid groups (broad SMARTS) is 1. The highest BCUT2D eigenvalue weighted by atomic mass is 35.5. The SMILES string of the molecule is CC(Oc1c(Cl)cc(-c2c(C#N)c(N)[nH]c(=O)c2C#N)cc1Cl)C(=O)O. The maximum absolute atomic E-state index is 12.0. The van der Waals surface area contributed by atoms with Crippen LogP contribution in [-0.2, 0) is 4.79 Å². The summed E-state index contributed by atoms with van der Waals surface area (Å²) in [5.74, 6) is -1.51. The van der Waals surface area contributed by atoms with Gasteiger partial charge in [-0.15, -0.1) is 0 Å². The number of pyridine rings is 1. The minimum absolute atomic E-state index is 0.0297. The van der Waals surface area contributed by atoms with E-state index in [2.05, 4.69) is 4.98 Å². The second-order valence-corrected chi connectivity index (χ2v) is 5.90. The van der Waals surface area contributed by atoms with Crippen LogP contribution in [0.4, 0.5) is 5.82 Å². The van der Waals surface area contributed by atoms with Crippen LogP contribution in [0.3, 0.4) is 0 Å². The minimum atomic E-state index is -1.22. The molecular weight excluding hydrogens is 383 g/mol. The standard InChI is InChI=1S/C16H10Cl2N4O4/c1-6(16(24)25)26-13-10(17)2-7(3-11(13)18)12-8(4-19)14(21)22-15(23)9(12)5-20/h2-3,6H,1H3,(H,24,25)(H3,21,22,23). The van der Waals surface area contributed by atoms with Crippen LogP contribution in [-0.4, -0.2) is 22.2 Å². The van der Waals surface area contributed by atoms with Gasteiger partial charge in [0.2, 0.25) is 0 Å². The summed E-state index contributed by atoms with van der Waals surface area (Å²) in [6.45, 7) is 1.29. The molecule has 0 saturated carbocycles. The molecule has 2 aromatic rings. The number of nitrogens with one attached hydrogen (secondary N) is 1. The minimum Gasteiger partial charge on any atom is -0.479 e. The van der Waals surface area contributed by atoms with E-state index in [0.717, 1.165) is 0 Å². The van der Waals surface area contributed by atoms with Crippen LogP contribution in [0.1, 0.15) is 18.1 Å². The Bertz CT molecular complexity index is 1030. The number of nitrogens with zero attached hydrogens (tertiary/aromatic N) is 2. The van der Waals surface area contributed by atoms with E-state index < -0.39 is 17.6 Å². The van der Waals surface area contributed by atoms with Gasteiger partial charge in [-0.25, -0.2) is 4.79 Å². The number of halogens is 2. The molecule has 0 spiro atoms. The van der Waals surface area contributed by atoms with Crippen LogP contribution in [0.15, 0.2) is 16.9 Å². The Morgan fingerprint density at radius 1 is 1.27 bits per heavy atom. The number of aliphatic carboxylic acids is 1. The highest BCUT2D eigenvalue weighted by Gasteiger charge is 2.22. The molecule has 26 heavy (non-hydrogen) atoms. The van der Waals surface area contributed by atoms with Crippen LogP contribution in [0.2, 0.25) is 10.0 Å². The molecule has 0 aliphatic carbocycles. The summed E-state index contributed by atoms with van der Waals surface area (Å²) in [5, 5.41) is 27.4. The molecule has 2 rings (SSSR count). The molecule has 8 nitrogen and oxygen atoms in total. The van der Waals surface area contributed by atoms with Crippen LogP contribution in [0.25, 0.3) is 11.1 Å². The van der Waals surface area contributed by atoms with E-state index in [-0.39, 0.29) is 43.9 Å². The number of aromatic amines is 1. The number of H-pyrrole nitrogens is 1. The van der Waals surface area contributed by atoms with Gasteiger partial charge in [-0.3, -0.25) is 4.79 Å². The molecule has 0 amide bonds. The third-order valence-electron chi connectivity index (χ3n) is 3.40. The number of hydrogen-bond acceptors (Lipinski definition) is 6. The van der Waals surface area contributed by atoms with Crippen molar-refractivity contribution in [1.29, 1.82) is 10.5 Å². The van der Waals surface area contributed by atoms with Crippen LogP contribution < -0.4 is 16.0 Å². The lowest BCUT2D eigenvalue weighted by molar-refractivity contribution is -0.144. The maximum atomic E-state index is 12.0. The summed E-state index contributed by atoms with van der Waals surface area (Å²) >= 11 is 12.2. The molecule has 1 atom stereocenters. The fraction of sp³-hybridized carbons (Fsp3) is 0.125. The Kier molecular flexibility index (Phi) is 5.41. The molecule has 1 aromatic carbocycles. The predicted octanol–water partition coefficient (Wildman–Crippen LogP) is 2.53. The van der Waals surface area contributed by atoms with Crippen molar-refractivity contribution in [1.82, 2.24) is 4.98 Å². The molecular formula is C16H10Cl2N4O4. The van der Waals surface area contributed by atoms with Gasteiger partial charge in [0.05, 0.1) is 10.0 Å². The zero-order valence-corrected chi connectivity index (χ0v) is 14.6. The molecule has 4 N–H and O–H groups in total. The summed E-state index contributed by atoms with van der Waals surface area (Å²) in [6, 6.07) is 6.14. The average Bonchev–Trinajstić information content (AvgIpc) is 2.56. The number of anilines is 1. The zero-order valence-electron chi connectivity index (χ0n) is 13.1. The number of carboxylic acids is 1. The zero-order chi connectivity index (χ0) is 19.6. The first kappa shape index (κ1) is 19.1. The van der Waals surface area contributed by atoms with E-state index in [1.165, 1.54) is 19.1 Å². The van der Waals surface area contributed by atoms with Crippen molar-refractivity contribution in [2.45, 2.75) is 13.0 Å². The van der Waals surface area contributed by atoms with E-state index in [4.69, 9.17) is 38.8 Å². The molecule has 0 saturated heterocycles. The van der Waals surface area contributed by atoms with Gasteiger partial charge in [0.25, 0.3) is 5.56 Å². The van der Waals surface area contributed by atoms with Gasteiger partial charge < -0.3 is 20.6 Å². The number of benzene rings is 1. The van der Waals surface area contributed by atoms with Gasteiger partial charge in [-0.1, -0.05) is 23.2 Å². The second kappa shape index (κ2) is 7.36. The van der Waals surface area contributed by atoms with Gasteiger partial charge in [0.1, 0.15) is 29.1 Å². The van der Waals surface area contributed by atoms with Crippen LogP contribution >= 0.6 is 23.2 Å². The topological polar surface area (TPSA) is 153 Å². The predicted molar refractivity (Wildman–Crippen MR) is 94.1 cm³/mol. The molecule has 1 unspecified atom stereocenters. The van der Waals surface area contributed by atoms with E-state index in [1.807, 2.05) is 6.07 Å². The molecule has 10 heteroatoms. The van der Waals surface area contributed by atoms with Gasteiger partial charge in [-0.05, 0) is 24.6 Å². The van der Waals surface area contributed by atoms with Crippen molar-refractivity contribution in [2.24, 2.45) is 0 Å². The molecule has 0 bridgehead atoms. The molecule has 1 heterocycles. The third-order valence-corrected chi connectivity index (χ3v) is 3.96. The number of aromatic nitrogens is 1. The number of ether oxygens (including phenoxy) is 1. The quantitative estimate of drug-likeness (QED) is 0.721. The lowest BCUT2D eigenvalue weighted by Crippen LogP contribution is -2.23. The smallest absolute Gasteiger partial charge is 0.344 e. The Morgan fingerprint density at radius 3 is 2.27 bits per heavy atom. The summed E-state index contributed by atoms with van der Waals surface area (Å²) < 4.78 is 5.20. The average molecular weight is 393 g/mol. The molecule has 0 fully saturated rings. The summed E-state index contributed by atoms with van der Waals surface area (Å²) in [7, 11) is 0. The number of nitrogens with two attached hydrogens (primary N) is 1. The van der Waals surface area contributed by atoms with Crippen LogP contribution in [0, 0.1) is 22.7 Å². The monoisotopic (exact) mass is 392 g/mol. The first-order valence-corrected chi connectivity index (χ1v) is 7.71. The first-order chi connectivity index (χ1) is 12.2. The molecule has 0 aliphatic rings. The first-order valence-electron chi connectivity index (χ1n) is 6.96. The lowest BCUT2D eigenvalue weighted by atomic mass is 9.96. The van der Waals surface area contributed by atoms with Crippen molar-refractivity contribution in [2.75, 3.05) is 5.73 Å². The fourth-order valence-corrected chi connectivity index (χ4v) is 2.75. The van der Waals surface area contributed by atoms with E-state index in [0.29, 0.717) is 0 Å². The number of nitriles is 2. The molecule has 0 aliphatic heterocycles. The van der Waals surface area contributed by atoms with Crippen molar-refractivity contribution in [3.8, 4) is 29.0 Å². The van der Waals surface area contributed by atoms with Crippen LogP contribution in [0.5, 0.6) is 5.75 Å². The van der Waals surface area contributed by atoms with Crippen molar-refractivity contribution in [3.05, 3.63) is 43.7 Å². The molecule has 0 radical (unpaired) electrons. The summed E-state index contributed by atoms with van der Waals surface area (Å²) in [4.78, 5) is 25.1. The largest absolute Gasteiger partial charge is 0.479 e. The number of nitrogen functional groups attached to an aromatic ring is 1. The Labute approximate surface area is 156 Å². The van der Waals surface area contributed by atoms with E-state index in [1.54, 1.807) is 6.07 Å². The lowest BCUT2D eigenvalue weighted by Gasteiger charge is -2.15. The Hall–Kier alpha value is -3.20. The molecule has 132 valence electrons. The third kappa shape index (κ3) is 3.42. The molecule has 1 aromatic heterocycles. The van der Waals surface area contributed by atoms with E-state index >= 15 is 0 Å². The number of rotatable bonds is 4. The highest BCUT2D eigenvalue weighted by molar-refractivity contribution is 6.37. The van der Waals surface area contributed by atoms with Gasteiger partial charge in [0, 0.05) is 5.56 Å². The van der Waals surface area contributed by atoms with Gasteiger partial charge >= 0.3 is 5.97 Å². The van der Waals surface area contributed by atoms with Gasteiger partial charge in [0.15, 0.2) is 11.9 Å². The highest BCUT2D eigenvalue weighted by Crippen LogP contribution is 2.39. The van der Waals surface area contributed by atoms with Crippen molar-refractivity contribution >= 4 is 35.0 Å². The van der Waals surface area contributed by atoms with E-state index in [9.17, 15) is 20.1 Å². The fourth-order valence-electron chi connectivity index (χ4n) is 2.18. The summed E-state index contributed by atoms with van der Waals surface area (Å²) in [5.41, 5.74) is 4.57. The Balaban J connectivity index is 2.73. The van der Waals surface area contributed by atoms with Gasteiger partial charge in [-0.2, -0.15) is 10.5 Å². The second-order valence-electron chi connectivity index (χ2n) is 5.08. The normalized spacial score (nSPS) is 11.3. The number of hydrogen-bond donors (Lipinski definition) is 3.